The summed E-state index contributed by atoms with van der Waals surface area (Å²) in [5.74, 6) is 0. The first-order chi connectivity index (χ1) is 8.77. The fraction of sp³-hybridized carbons (Fsp3) is 1.00. The molecule has 0 aromatic heterocycles. The van der Waals surface area contributed by atoms with Gasteiger partial charge in [-0.25, -0.2) is 0 Å². The molecule has 0 spiro atoms. The van der Waals surface area contributed by atoms with E-state index in [1.54, 1.807) is 0 Å². The molecule has 1 N–H and O–H groups in total. The first kappa shape index (κ1) is 18.4. The predicted octanol–water partition coefficient (Wildman–Crippen LogP) is 5.83. The van der Waals surface area contributed by atoms with Gasteiger partial charge in [0.1, 0.15) is 0 Å². The van der Waals surface area contributed by atoms with E-state index in [2.05, 4.69) is 22.9 Å². The molecule has 18 heavy (non-hydrogen) atoms. The van der Waals surface area contributed by atoms with Crippen LogP contribution in [-0.2, 0) is 0 Å². The fourth-order valence-corrected chi connectivity index (χ4v) is 2.63. The van der Waals surface area contributed by atoms with Crippen molar-refractivity contribution in [3.63, 3.8) is 0 Å². The molecule has 0 aromatic carbocycles. The Labute approximate surface area is 123 Å². The Morgan fingerprint density at radius 1 is 0.667 bits per heavy atom. The first-order valence-electron chi connectivity index (χ1n) is 8.02. The van der Waals surface area contributed by atoms with Crippen LogP contribution < -0.4 is 0 Å². The molecule has 2 heteroatoms. The van der Waals surface area contributed by atoms with Crippen molar-refractivity contribution in [1.82, 2.24) is 0 Å². The highest BCUT2D eigenvalue weighted by molar-refractivity contribution is 9.09. The van der Waals surface area contributed by atoms with E-state index < -0.39 is 0 Å². The number of rotatable bonds is 14. The van der Waals surface area contributed by atoms with E-state index in [0.717, 1.165) is 6.42 Å². The first-order valence-corrected chi connectivity index (χ1v) is 8.94. The third kappa shape index (κ3) is 16.4. The van der Waals surface area contributed by atoms with Crippen molar-refractivity contribution in [2.45, 2.75) is 95.2 Å². The normalized spacial score (nSPS) is 12.8. The van der Waals surface area contributed by atoms with Gasteiger partial charge in [-0.2, -0.15) is 0 Å². The van der Waals surface area contributed by atoms with Crippen LogP contribution in [0.15, 0.2) is 0 Å². The van der Waals surface area contributed by atoms with Gasteiger partial charge < -0.3 is 5.11 Å². The van der Waals surface area contributed by atoms with Crippen molar-refractivity contribution in [3.8, 4) is 0 Å². The summed E-state index contributed by atoms with van der Waals surface area (Å²) >= 11 is 3.59. The number of halogens is 1. The lowest BCUT2D eigenvalue weighted by Gasteiger charge is -2.04. The number of hydrogen-bond donors (Lipinski definition) is 1. The summed E-state index contributed by atoms with van der Waals surface area (Å²) < 4.78 is 0. The largest absolute Gasteiger partial charge is 0.396 e. The highest BCUT2D eigenvalue weighted by atomic mass is 79.9. The van der Waals surface area contributed by atoms with E-state index in [4.69, 9.17) is 5.11 Å². The van der Waals surface area contributed by atoms with Crippen molar-refractivity contribution in [2.75, 3.05) is 6.61 Å². The zero-order chi connectivity index (χ0) is 13.5. The number of aliphatic hydroxyl groups is 1. The smallest absolute Gasteiger partial charge is 0.0431 e. The molecule has 0 heterocycles. The second-order valence-corrected chi connectivity index (χ2v) is 7.10. The lowest BCUT2D eigenvalue weighted by Crippen LogP contribution is -1.89. The fourth-order valence-electron chi connectivity index (χ4n) is 2.31. The maximum atomic E-state index is 8.66. The van der Waals surface area contributed by atoms with Crippen LogP contribution in [0.3, 0.4) is 0 Å². The maximum Gasteiger partial charge on any atom is 0.0431 e. The van der Waals surface area contributed by atoms with Gasteiger partial charge in [0.05, 0.1) is 0 Å². The predicted molar refractivity (Wildman–Crippen MR) is 85.5 cm³/mol. The molecule has 0 saturated heterocycles. The molecule has 110 valence electrons. The monoisotopic (exact) mass is 320 g/mol. The lowest BCUT2D eigenvalue weighted by atomic mass is 10.0. The SMILES string of the molecule is CC(Br)CCCCCCCCCCCCCCO. The van der Waals surface area contributed by atoms with Gasteiger partial charge in [-0.3, -0.25) is 0 Å². The standard InChI is InChI=1S/C16H33BrO/c1-16(17)14-12-10-8-6-4-2-3-5-7-9-11-13-15-18/h16,18H,2-15H2,1H3. The summed E-state index contributed by atoms with van der Waals surface area (Å²) in [5, 5.41) is 8.66. The van der Waals surface area contributed by atoms with Crippen molar-refractivity contribution in [1.29, 1.82) is 0 Å². The van der Waals surface area contributed by atoms with E-state index >= 15 is 0 Å². The molecular weight excluding hydrogens is 288 g/mol. The third-order valence-electron chi connectivity index (χ3n) is 3.51. The Bertz CT molecular complexity index is 148. The lowest BCUT2D eigenvalue weighted by molar-refractivity contribution is 0.282. The molecular formula is C16H33BrO. The summed E-state index contributed by atoms with van der Waals surface area (Å²) in [5.41, 5.74) is 0. The number of hydrogen-bond acceptors (Lipinski definition) is 1. The Balaban J connectivity index is 2.90. The van der Waals surface area contributed by atoms with Crippen LogP contribution in [0, 0.1) is 0 Å². The van der Waals surface area contributed by atoms with Gasteiger partial charge in [0.25, 0.3) is 0 Å². The quantitative estimate of drug-likeness (QED) is 0.315. The maximum absolute atomic E-state index is 8.66. The molecule has 0 aliphatic heterocycles. The summed E-state index contributed by atoms with van der Waals surface area (Å²) in [6, 6.07) is 0. The Morgan fingerprint density at radius 3 is 1.33 bits per heavy atom. The number of aliphatic hydroxyl groups excluding tert-OH is 1. The van der Waals surface area contributed by atoms with Crippen molar-refractivity contribution in [2.24, 2.45) is 0 Å². The number of alkyl halides is 1. The van der Waals surface area contributed by atoms with E-state index in [1.165, 1.54) is 77.0 Å². The van der Waals surface area contributed by atoms with Gasteiger partial charge in [0.15, 0.2) is 0 Å². The topological polar surface area (TPSA) is 20.2 Å². The van der Waals surface area contributed by atoms with E-state index in [-0.39, 0.29) is 0 Å². The highest BCUT2D eigenvalue weighted by Gasteiger charge is 1.96. The van der Waals surface area contributed by atoms with Gasteiger partial charge in [0.2, 0.25) is 0 Å². The van der Waals surface area contributed by atoms with Gasteiger partial charge in [-0.05, 0) is 12.8 Å². The highest BCUT2D eigenvalue weighted by Crippen LogP contribution is 2.14. The zero-order valence-electron chi connectivity index (χ0n) is 12.3. The van der Waals surface area contributed by atoms with Crippen molar-refractivity contribution in [3.05, 3.63) is 0 Å². The van der Waals surface area contributed by atoms with Crippen LogP contribution >= 0.6 is 15.9 Å². The Hall–Kier alpha value is 0.440. The molecule has 0 radical (unpaired) electrons. The molecule has 0 bridgehead atoms. The summed E-state index contributed by atoms with van der Waals surface area (Å²) in [6.07, 6.45) is 17.5. The van der Waals surface area contributed by atoms with Crippen molar-refractivity contribution < 1.29 is 5.11 Å². The van der Waals surface area contributed by atoms with Crippen LogP contribution in [0.2, 0.25) is 0 Å². The molecule has 0 fully saturated rings. The average Bonchev–Trinajstić information content (AvgIpc) is 2.34. The molecule has 0 rings (SSSR count). The summed E-state index contributed by atoms with van der Waals surface area (Å²) in [4.78, 5) is 0.698. The molecule has 0 saturated carbocycles. The zero-order valence-corrected chi connectivity index (χ0v) is 13.9. The molecule has 0 amide bonds. The molecule has 0 aliphatic carbocycles. The van der Waals surface area contributed by atoms with Crippen LogP contribution in [0.25, 0.3) is 0 Å². The molecule has 1 nitrogen and oxygen atoms in total. The Morgan fingerprint density at radius 2 is 1.00 bits per heavy atom. The van der Waals surface area contributed by atoms with Gasteiger partial charge in [-0.15, -0.1) is 0 Å². The molecule has 0 aliphatic rings. The number of unbranched alkanes of at least 4 members (excludes halogenated alkanes) is 11. The second kappa shape index (κ2) is 15.5. The van der Waals surface area contributed by atoms with Gasteiger partial charge in [-0.1, -0.05) is 93.5 Å². The van der Waals surface area contributed by atoms with E-state index in [9.17, 15) is 0 Å². The third-order valence-corrected chi connectivity index (χ3v) is 3.97. The average molecular weight is 321 g/mol. The molecule has 1 unspecified atom stereocenters. The minimum absolute atomic E-state index is 0.369. The summed E-state index contributed by atoms with van der Waals surface area (Å²) in [7, 11) is 0. The van der Waals surface area contributed by atoms with Crippen LogP contribution in [0.4, 0.5) is 0 Å². The van der Waals surface area contributed by atoms with Crippen LogP contribution in [0.1, 0.15) is 90.4 Å². The molecule has 1 atom stereocenters. The van der Waals surface area contributed by atoms with Crippen LogP contribution in [0.5, 0.6) is 0 Å². The Kier molecular flexibility index (Phi) is 15.9. The van der Waals surface area contributed by atoms with E-state index in [0.29, 0.717) is 11.4 Å². The second-order valence-electron chi connectivity index (χ2n) is 5.54. The van der Waals surface area contributed by atoms with Gasteiger partial charge >= 0.3 is 0 Å². The van der Waals surface area contributed by atoms with Gasteiger partial charge in [0, 0.05) is 11.4 Å². The minimum atomic E-state index is 0.369. The van der Waals surface area contributed by atoms with E-state index in [1.807, 2.05) is 0 Å². The molecule has 0 aromatic rings. The van der Waals surface area contributed by atoms with Crippen molar-refractivity contribution >= 4 is 15.9 Å². The minimum Gasteiger partial charge on any atom is -0.396 e. The summed E-state index contributed by atoms with van der Waals surface area (Å²) in [6.45, 7) is 2.61. The van der Waals surface area contributed by atoms with Crippen LogP contribution in [-0.4, -0.2) is 16.5 Å².